The zero-order chi connectivity index (χ0) is 18.1. The predicted molar refractivity (Wildman–Crippen MR) is 119 cm³/mol. The number of hydrogen-bond donors (Lipinski definition) is 1. The molecule has 0 spiro atoms. The van der Waals surface area contributed by atoms with Gasteiger partial charge < -0.3 is 10.2 Å². The second kappa shape index (κ2) is 11.8. The van der Waals surface area contributed by atoms with E-state index in [4.69, 9.17) is 0 Å². The van der Waals surface area contributed by atoms with Gasteiger partial charge in [0.15, 0.2) is 15.8 Å². The molecule has 0 saturated carbocycles. The Morgan fingerprint density at radius 1 is 1.12 bits per heavy atom. The highest BCUT2D eigenvalue weighted by atomic mass is 127. The summed E-state index contributed by atoms with van der Waals surface area (Å²) in [6.07, 6.45) is 0. The second-order valence-corrected chi connectivity index (χ2v) is 8.69. The first-order valence-electron chi connectivity index (χ1n) is 9.04. The summed E-state index contributed by atoms with van der Waals surface area (Å²) in [6, 6.07) is 10.5. The first-order chi connectivity index (χ1) is 12.0. The van der Waals surface area contributed by atoms with Crippen LogP contribution in [0.15, 0.2) is 35.3 Å². The molecule has 2 rings (SSSR count). The van der Waals surface area contributed by atoms with Gasteiger partial charge >= 0.3 is 0 Å². The number of rotatable bonds is 7. The molecule has 1 fully saturated rings. The lowest BCUT2D eigenvalue weighted by Gasteiger charge is -2.36. The number of halogens is 1. The Hall–Kier alpha value is -0.870. The maximum atomic E-state index is 11.6. The minimum Gasteiger partial charge on any atom is -0.357 e. The van der Waals surface area contributed by atoms with E-state index >= 15 is 0 Å². The van der Waals surface area contributed by atoms with Crippen LogP contribution in [-0.2, 0) is 16.4 Å². The van der Waals surface area contributed by atoms with Crippen LogP contribution in [0.1, 0.15) is 19.4 Å². The zero-order valence-electron chi connectivity index (χ0n) is 15.7. The molecule has 1 aromatic carbocycles. The van der Waals surface area contributed by atoms with Crippen molar-refractivity contribution < 1.29 is 8.42 Å². The number of nitrogens with zero attached hydrogens (tertiary/aromatic N) is 3. The van der Waals surface area contributed by atoms with Gasteiger partial charge in [0, 0.05) is 45.0 Å². The molecule has 0 atom stereocenters. The smallest absolute Gasteiger partial charge is 0.194 e. The third-order valence-corrected chi connectivity index (χ3v) is 6.04. The number of hydrogen-bond acceptors (Lipinski definition) is 4. The summed E-state index contributed by atoms with van der Waals surface area (Å²) in [6.45, 7) is 9.54. The van der Waals surface area contributed by atoms with Crippen molar-refractivity contribution in [1.82, 2.24) is 15.1 Å². The van der Waals surface area contributed by atoms with Crippen molar-refractivity contribution in [3.8, 4) is 0 Å². The molecule has 0 aliphatic carbocycles. The van der Waals surface area contributed by atoms with Crippen molar-refractivity contribution in [1.29, 1.82) is 0 Å². The number of benzene rings is 1. The lowest BCUT2D eigenvalue weighted by atomic mass is 10.2. The van der Waals surface area contributed by atoms with E-state index in [0.717, 1.165) is 45.2 Å². The van der Waals surface area contributed by atoms with Gasteiger partial charge in [-0.1, -0.05) is 37.3 Å². The van der Waals surface area contributed by atoms with Gasteiger partial charge in [-0.25, -0.2) is 8.42 Å². The van der Waals surface area contributed by atoms with Gasteiger partial charge in [-0.05, 0) is 12.5 Å². The molecule has 1 heterocycles. The number of aliphatic imine (C=N–C) groups is 1. The lowest BCUT2D eigenvalue weighted by Crippen LogP contribution is -2.52. The van der Waals surface area contributed by atoms with Gasteiger partial charge in [0.25, 0.3) is 0 Å². The van der Waals surface area contributed by atoms with Crippen molar-refractivity contribution in [3.63, 3.8) is 0 Å². The third-order valence-electron chi connectivity index (χ3n) is 4.36. The monoisotopic (exact) mass is 494 g/mol. The van der Waals surface area contributed by atoms with Crippen LogP contribution in [-0.4, -0.2) is 75.0 Å². The fourth-order valence-electron chi connectivity index (χ4n) is 2.82. The highest BCUT2D eigenvalue weighted by Gasteiger charge is 2.19. The van der Waals surface area contributed by atoms with Crippen LogP contribution in [0.3, 0.4) is 0 Å². The minimum absolute atomic E-state index is 0. The minimum atomic E-state index is -2.97. The molecule has 0 aromatic heterocycles. The first kappa shape index (κ1) is 23.2. The Kier molecular flexibility index (Phi) is 10.5. The molecule has 26 heavy (non-hydrogen) atoms. The van der Waals surface area contributed by atoms with Gasteiger partial charge in [-0.3, -0.25) is 9.89 Å². The summed E-state index contributed by atoms with van der Waals surface area (Å²) < 4.78 is 23.2. The van der Waals surface area contributed by atoms with Crippen molar-refractivity contribution in [3.05, 3.63) is 35.9 Å². The van der Waals surface area contributed by atoms with Gasteiger partial charge in [0.1, 0.15) is 0 Å². The number of sulfone groups is 1. The summed E-state index contributed by atoms with van der Waals surface area (Å²) in [5, 5.41) is 3.28. The molecule has 0 bridgehead atoms. The van der Waals surface area contributed by atoms with Crippen LogP contribution >= 0.6 is 24.0 Å². The van der Waals surface area contributed by atoms with Crippen LogP contribution in [0.25, 0.3) is 0 Å². The maximum absolute atomic E-state index is 11.6. The normalized spacial score (nSPS) is 16.2. The van der Waals surface area contributed by atoms with E-state index in [2.05, 4.69) is 44.4 Å². The number of guanidine groups is 1. The summed E-state index contributed by atoms with van der Waals surface area (Å²) in [5.74, 6) is 1.12. The molecule has 0 amide bonds. The van der Waals surface area contributed by atoms with Crippen LogP contribution in [0.4, 0.5) is 0 Å². The molecule has 1 aliphatic heterocycles. The highest BCUT2D eigenvalue weighted by Crippen LogP contribution is 2.08. The van der Waals surface area contributed by atoms with E-state index in [1.165, 1.54) is 5.56 Å². The van der Waals surface area contributed by atoms with Gasteiger partial charge in [-0.15, -0.1) is 24.0 Å². The van der Waals surface area contributed by atoms with Crippen molar-refractivity contribution in [2.24, 2.45) is 4.99 Å². The van der Waals surface area contributed by atoms with E-state index in [9.17, 15) is 8.42 Å². The molecular weight excluding hydrogens is 463 g/mol. The Morgan fingerprint density at radius 3 is 2.35 bits per heavy atom. The van der Waals surface area contributed by atoms with Crippen LogP contribution in [0.2, 0.25) is 0 Å². The molecule has 6 nitrogen and oxygen atoms in total. The summed E-state index contributed by atoms with van der Waals surface area (Å²) in [4.78, 5) is 9.18. The standard InChI is InChI=1S/C18H30N4O2S.HI/c1-3-19-18(20-10-15-25(23,24)4-2)22-13-11-21(12-14-22)16-17-8-6-5-7-9-17;/h5-9H,3-4,10-16H2,1-2H3,(H,19,20);1H. The lowest BCUT2D eigenvalue weighted by molar-refractivity contribution is 0.172. The molecular formula is C18H31IN4O2S. The Labute approximate surface area is 175 Å². The maximum Gasteiger partial charge on any atom is 0.194 e. The zero-order valence-corrected chi connectivity index (χ0v) is 18.9. The molecule has 148 valence electrons. The first-order valence-corrected chi connectivity index (χ1v) is 10.9. The van der Waals surface area contributed by atoms with Crippen LogP contribution in [0.5, 0.6) is 0 Å². The van der Waals surface area contributed by atoms with E-state index in [1.807, 2.05) is 13.0 Å². The Morgan fingerprint density at radius 2 is 1.77 bits per heavy atom. The second-order valence-electron chi connectivity index (χ2n) is 6.22. The Balaban J connectivity index is 0.00000338. The quantitative estimate of drug-likeness (QED) is 0.356. The van der Waals surface area contributed by atoms with Gasteiger partial charge in [-0.2, -0.15) is 0 Å². The third kappa shape index (κ3) is 7.79. The average molecular weight is 494 g/mol. The number of piperazine rings is 1. The molecule has 0 unspecified atom stereocenters. The van der Waals surface area contributed by atoms with Crippen LogP contribution < -0.4 is 5.32 Å². The van der Waals surface area contributed by atoms with Gasteiger partial charge in [0.2, 0.25) is 0 Å². The molecule has 1 N–H and O–H groups in total. The fraction of sp³-hybridized carbons (Fsp3) is 0.611. The van der Waals surface area contributed by atoms with Crippen molar-refractivity contribution in [2.75, 3.05) is 50.8 Å². The summed E-state index contributed by atoms with van der Waals surface area (Å²) in [5.41, 5.74) is 1.33. The Bertz CT molecular complexity index is 644. The largest absolute Gasteiger partial charge is 0.357 e. The average Bonchev–Trinajstić information content (AvgIpc) is 2.62. The van der Waals surface area contributed by atoms with Crippen molar-refractivity contribution >= 4 is 39.8 Å². The topological polar surface area (TPSA) is 65.0 Å². The fourth-order valence-corrected chi connectivity index (χ4v) is 3.48. The summed E-state index contributed by atoms with van der Waals surface area (Å²) >= 11 is 0. The van der Waals surface area contributed by atoms with E-state index in [0.29, 0.717) is 6.54 Å². The SMILES string of the molecule is CCNC(=NCCS(=O)(=O)CC)N1CCN(Cc2ccccc2)CC1.I. The molecule has 1 aromatic rings. The predicted octanol–water partition coefficient (Wildman–Crippen LogP) is 1.82. The molecule has 1 aliphatic rings. The molecule has 8 heteroatoms. The van der Waals surface area contributed by atoms with E-state index in [-0.39, 0.29) is 35.5 Å². The van der Waals surface area contributed by atoms with Gasteiger partial charge in [0.05, 0.1) is 12.3 Å². The van der Waals surface area contributed by atoms with E-state index < -0.39 is 9.84 Å². The summed E-state index contributed by atoms with van der Waals surface area (Å²) in [7, 11) is -2.97. The van der Waals surface area contributed by atoms with Crippen LogP contribution in [0, 0.1) is 0 Å². The van der Waals surface area contributed by atoms with Crippen molar-refractivity contribution in [2.45, 2.75) is 20.4 Å². The molecule has 1 saturated heterocycles. The number of nitrogens with one attached hydrogen (secondary N) is 1. The van der Waals surface area contributed by atoms with E-state index in [1.54, 1.807) is 6.92 Å². The highest BCUT2D eigenvalue weighted by molar-refractivity contribution is 14.0. The molecule has 0 radical (unpaired) electrons.